The smallest absolute Gasteiger partial charge is 0.240 e. The van der Waals surface area contributed by atoms with Crippen molar-refractivity contribution in [2.24, 2.45) is 10.2 Å². The van der Waals surface area contributed by atoms with Crippen molar-refractivity contribution in [3.05, 3.63) is 77.3 Å². The Morgan fingerprint density at radius 3 is 2.53 bits per heavy atom. The molecule has 4 aromatic rings. The summed E-state index contributed by atoms with van der Waals surface area (Å²) in [5.74, 6) is 0.462. The Morgan fingerprint density at radius 1 is 1.06 bits per heavy atom. The molecule has 1 heterocycles. The van der Waals surface area contributed by atoms with Crippen molar-refractivity contribution in [2.45, 2.75) is 11.4 Å². The maximum absolute atomic E-state index is 12.8. The van der Waals surface area contributed by atoms with Crippen LogP contribution in [0.5, 0.6) is 11.6 Å². The molecule has 0 amide bonds. The van der Waals surface area contributed by atoms with Crippen LogP contribution in [0.2, 0.25) is 5.02 Å². The number of ether oxygens (including phenoxy) is 1. The molecule has 164 valence electrons. The van der Waals surface area contributed by atoms with E-state index in [-0.39, 0.29) is 23.0 Å². The Kier molecular flexibility index (Phi) is 6.13. The number of nitrogens with one attached hydrogen (secondary N) is 2. The van der Waals surface area contributed by atoms with Gasteiger partial charge in [0.2, 0.25) is 15.9 Å². The number of hydrogen-bond acceptors (Lipinski definition) is 6. The van der Waals surface area contributed by atoms with Gasteiger partial charge in [0.05, 0.1) is 22.5 Å². The monoisotopic (exact) mass is 470 g/mol. The number of methoxy groups -OCH3 is 1. The molecule has 0 radical (unpaired) electrons. The van der Waals surface area contributed by atoms with Crippen molar-refractivity contribution in [3.63, 3.8) is 0 Å². The number of hydrogen-bond donors (Lipinski definition) is 3. The second kappa shape index (κ2) is 8.99. The van der Waals surface area contributed by atoms with E-state index in [2.05, 4.69) is 19.9 Å². The second-order valence-corrected chi connectivity index (χ2v) is 9.03. The molecular weight excluding hydrogens is 452 g/mol. The van der Waals surface area contributed by atoms with Gasteiger partial charge in [-0.25, -0.2) is 13.1 Å². The van der Waals surface area contributed by atoms with E-state index < -0.39 is 10.0 Å². The Hall–Kier alpha value is -3.40. The van der Waals surface area contributed by atoms with Crippen LogP contribution in [-0.4, -0.2) is 25.6 Å². The summed E-state index contributed by atoms with van der Waals surface area (Å²) in [4.78, 5) is 2.80. The van der Waals surface area contributed by atoms with Gasteiger partial charge in [0.1, 0.15) is 11.4 Å². The number of benzene rings is 3. The normalized spacial score (nSPS) is 11.9. The summed E-state index contributed by atoms with van der Waals surface area (Å²) in [5.41, 5.74) is 1.84. The summed E-state index contributed by atoms with van der Waals surface area (Å²) in [6.07, 6.45) is 0. The highest BCUT2D eigenvalue weighted by Gasteiger charge is 2.18. The lowest BCUT2D eigenvalue weighted by molar-refractivity contribution is 0.414. The Balaban J connectivity index is 1.62. The van der Waals surface area contributed by atoms with Crippen LogP contribution >= 0.6 is 11.6 Å². The number of azo groups is 1. The summed E-state index contributed by atoms with van der Waals surface area (Å²) in [6.45, 7) is 0.113. The van der Waals surface area contributed by atoms with E-state index in [1.807, 2.05) is 0 Å². The molecule has 0 bridgehead atoms. The van der Waals surface area contributed by atoms with Crippen molar-refractivity contribution in [1.82, 2.24) is 9.71 Å². The van der Waals surface area contributed by atoms with Crippen molar-refractivity contribution in [2.75, 3.05) is 7.11 Å². The zero-order valence-corrected chi connectivity index (χ0v) is 18.5. The van der Waals surface area contributed by atoms with E-state index in [1.165, 1.54) is 12.1 Å². The Morgan fingerprint density at radius 2 is 1.81 bits per heavy atom. The fourth-order valence-corrected chi connectivity index (χ4v) is 4.27. The van der Waals surface area contributed by atoms with Crippen molar-refractivity contribution in [1.29, 1.82) is 0 Å². The van der Waals surface area contributed by atoms with E-state index in [0.29, 0.717) is 27.4 Å². The summed E-state index contributed by atoms with van der Waals surface area (Å²) in [5, 5.41) is 19.2. The molecule has 0 saturated heterocycles. The predicted molar refractivity (Wildman–Crippen MR) is 123 cm³/mol. The third kappa shape index (κ3) is 4.59. The number of halogens is 1. The third-order valence-corrected chi connectivity index (χ3v) is 6.49. The van der Waals surface area contributed by atoms with Gasteiger partial charge in [0.25, 0.3) is 0 Å². The van der Waals surface area contributed by atoms with Crippen LogP contribution < -0.4 is 9.46 Å². The van der Waals surface area contributed by atoms with Crippen LogP contribution in [0, 0.1) is 0 Å². The molecule has 4 rings (SSSR count). The van der Waals surface area contributed by atoms with Gasteiger partial charge < -0.3 is 14.8 Å². The fraction of sp³-hybridized carbons (Fsp3) is 0.0909. The van der Waals surface area contributed by atoms with Gasteiger partial charge in [-0.1, -0.05) is 35.9 Å². The SMILES string of the molecule is COc1ccc(CNS(=O)(=O)c2ccc3[nH]c(O)c(N=Nc4ccccc4Cl)c3c2)cc1. The van der Waals surface area contributed by atoms with Gasteiger partial charge in [-0.2, -0.15) is 0 Å². The highest BCUT2D eigenvalue weighted by molar-refractivity contribution is 7.89. The average molecular weight is 471 g/mol. The summed E-state index contributed by atoms with van der Waals surface area (Å²) < 4.78 is 33.3. The number of nitrogens with zero attached hydrogens (tertiary/aromatic N) is 2. The minimum atomic E-state index is -3.82. The van der Waals surface area contributed by atoms with Crippen LogP contribution in [-0.2, 0) is 16.6 Å². The molecule has 0 atom stereocenters. The number of rotatable bonds is 7. The number of sulfonamides is 1. The molecule has 0 aliphatic heterocycles. The third-order valence-electron chi connectivity index (χ3n) is 4.77. The van der Waals surface area contributed by atoms with Gasteiger partial charge >= 0.3 is 0 Å². The quantitative estimate of drug-likeness (QED) is 0.312. The molecule has 10 heteroatoms. The number of aromatic amines is 1. The van der Waals surface area contributed by atoms with E-state index in [9.17, 15) is 13.5 Å². The second-order valence-electron chi connectivity index (χ2n) is 6.85. The van der Waals surface area contributed by atoms with E-state index in [4.69, 9.17) is 16.3 Å². The molecule has 8 nitrogen and oxygen atoms in total. The van der Waals surface area contributed by atoms with Gasteiger partial charge in [0.15, 0.2) is 5.69 Å². The molecule has 3 N–H and O–H groups in total. The lowest BCUT2D eigenvalue weighted by Gasteiger charge is -2.08. The largest absolute Gasteiger partial charge is 0.497 e. The first kappa shape index (κ1) is 21.8. The van der Waals surface area contributed by atoms with Crippen LogP contribution in [0.3, 0.4) is 0 Å². The van der Waals surface area contributed by atoms with Gasteiger partial charge in [-0.3, -0.25) is 0 Å². The predicted octanol–water partition coefficient (Wildman–Crippen LogP) is 5.43. The molecule has 0 fully saturated rings. The first-order valence-electron chi connectivity index (χ1n) is 9.51. The molecule has 0 spiro atoms. The number of aromatic nitrogens is 1. The van der Waals surface area contributed by atoms with E-state index in [1.54, 1.807) is 61.7 Å². The number of aromatic hydroxyl groups is 1. The molecular formula is C22H19ClN4O4S. The molecule has 32 heavy (non-hydrogen) atoms. The van der Waals surface area contributed by atoms with Crippen LogP contribution in [0.1, 0.15) is 5.56 Å². The maximum atomic E-state index is 12.8. The summed E-state index contributed by atoms with van der Waals surface area (Å²) in [6, 6.07) is 18.4. The minimum absolute atomic E-state index is 0.0340. The van der Waals surface area contributed by atoms with Gasteiger partial charge in [-0.05, 0) is 48.0 Å². The minimum Gasteiger partial charge on any atom is -0.497 e. The lowest BCUT2D eigenvalue weighted by atomic mass is 10.2. The van der Waals surface area contributed by atoms with Crippen LogP contribution in [0.15, 0.2) is 81.9 Å². The topological polar surface area (TPSA) is 116 Å². The van der Waals surface area contributed by atoms with Crippen LogP contribution in [0.4, 0.5) is 11.4 Å². The molecule has 1 aromatic heterocycles. The van der Waals surface area contributed by atoms with E-state index in [0.717, 1.165) is 5.56 Å². The number of H-pyrrole nitrogens is 1. The average Bonchev–Trinajstić information content (AvgIpc) is 3.11. The van der Waals surface area contributed by atoms with E-state index >= 15 is 0 Å². The number of fused-ring (bicyclic) bond motifs is 1. The Bertz CT molecular complexity index is 1400. The lowest BCUT2D eigenvalue weighted by Crippen LogP contribution is -2.23. The van der Waals surface area contributed by atoms with Gasteiger partial charge in [-0.15, -0.1) is 10.2 Å². The zero-order chi connectivity index (χ0) is 22.7. The van der Waals surface area contributed by atoms with Crippen molar-refractivity contribution in [3.8, 4) is 11.6 Å². The fourth-order valence-electron chi connectivity index (χ4n) is 3.05. The highest BCUT2D eigenvalue weighted by atomic mass is 35.5. The first-order chi connectivity index (χ1) is 15.4. The summed E-state index contributed by atoms with van der Waals surface area (Å²) in [7, 11) is -2.25. The van der Waals surface area contributed by atoms with Crippen molar-refractivity contribution >= 4 is 43.9 Å². The highest BCUT2D eigenvalue weighted by Crippen LogP contribution is 2.38. The Labute approximate surface area is 189 Å². The van der Waals surface area contributed by atoms with Crippen LogP contribution in [0.25, 0.3) is 10.9 Å². The molecule has 0 aliphatic carbocycles. The van der Waals surface area contributed by atoms with Crippen molar-refractivity contribution < 1.29 is 18.3 Å². The first-order valence-corrected chi connectivity index (χ1v) is 11.4. The molecule has 0 unspecified atom stereocenters. The van der Waals surface area contributed by atoms with Gasteiger partial charge in [0, 0.05) is 11.9 Å². The zero-order valence-electron chi connectivity index (χ0n) is 16.9. The molecule has 3 aromatic carbocycles. The molecule has 0 saturated carbocycles. The maximum Gasteiger partial charge on any atom is 0.240 e. The molecule has 0 aliphatic rings. The standard InChI is InChI=1S/C22H19ClN4O4S/c1-31-15-8-6-14(7-9-15)13-24-32(29,30)16-10-11-19-17(12-16)21(22(28)25-19)27-26-20-5-3-2-4-18(20)23/h2-12,24-25,28H,13H2,1H3. The summed E-state index contributed by atoms with van der Waals surface area (Å²) >= 11 is 6.09.